The van der Waals surface area contributed by atoms with E-state index in [-0.39, 0.29) is 0 Å². The molecule has 20 heavy (non-hydrogen) atoms. The van der Waals surface area contributed by atoms with E-state index >= 15 is 0 Å². The van der Waals surface area contributed by atoms with Gasteiger partial charge in [0.2, 0.25) is 0 Å². The number of rotatable bonds is 10. The fourth-order valence-corrected chi connectivity index (χ4v) is 1.18. The molecule has 0 aromatic rings. The molecule has 0 N–H and O–H groups in total. The van der Waals surface area contributed by atoms with Crippen LogP contribution < -0.4 is 0 Å². The van der Waals surface area contributed by atoms with Gasteiger partial charge in [-0.1, -0.05) is 13.8 Å². The molecule has 0 radical (unpaired) electrons. The van der Waals surface area contributed by atoms with Gasteiger partial charge in [0.1, 0.15) is 0 Å². The maximum absolute atomic E-state index is 11.4. The molecule has 6 nitrogen and oxygen atoms in total. The highest BCUT2D eigenvalue weighted by atomic mass is 16.7. The zero-order valence-corrected chi connectivity index (χ0v) is 12.6. The average Bonchev–Trinajstić information content (AvgIpc) is 2.40. The molecular formula is C14H24O6. The van der Waals surface area contributed by atoms with Crippen molar-refractivity contribution in [2.45, 2.75) is 53.1 Å². The van der Waals surface area contributed by atoms with Crippen LogP contribution in [-0.4, -0.2) is 37.7 Å². The summed E-state index contributed by atoms with van der Waals surface area (Å²) in [5.74, 6) is -1.32. The first-order chi connectivity index (χ1) is 9.49. The second kappa shape index (κ2) is 11.4. The van der Waals surface area contributed by atoms with Crippen molar-refractivity contribution in [1.82, 2.24) is 0 Å². The summed E-state index contributed by atoms with van der Waals surface area (Å²) < 4.78 is 20.1. The van der Waals surface area contributed by atoms with E-state index in [0.29, 0.717) is 13.2 Å². The summed E-state index contributed by atoms with van der Waals surface area (Å²) in [6.07, 6.45) is 2.38. The van der Waals surface area contributed by atoms with Crippen LogP contribution in [0.1, 0.15) is 40.5 Å². The molecule has 0 amide bonds. The molecule has 2 unspecified atom stereocenters. The Morgan fingerprint density at radius 1 is 0.850 bits per heavy atom. The van der Waals surface area contributed by atoms with Crippen molar-refractivity contribution in [2.75, 3.05) is 13.2 Å². The quantitative estimate of drug-likeness (QED) is 0.348. The lowest BCUT2D eigenvalue weighted by Gasteiger charge is -2.12. The number of hydrogen-bond donors (Lipinski definition) is 0. The Morgan fingerprint density at radius 3 is 1.50 bits per heavy atom. The zero-order valence-electron chi connectivity index (χ0n) is 12.6. The molecule has 0 rings (SSSR count). The summed E-state index contributed by atoms with van der Waals surface area (Å²) in [5, 5.41) is 0. The van der Waals surface area contributed by atoms with Crippen LogP contribution in [0.15, 0.2) is 12.2 Å². The van der Waals surface area contributed by atoms with Crippen molar-refractivity contribution in [3.63, 3.8) is 0 Å². The molecule has 116 valence electrons. The van der Waals surface area contributed by atoms with Crippen LogP contribution in [-0.2, 0) is 28.5 Å². The van der Waals surface area contributed by atoms with E-state index in [1.54, 1.807) is 13.8 Å². The largest absolute Gasteiger partial charge is 0.433 e. The summed E-state index contributed by atoms with van der Waals surface area (Å²) in [6.45, 7) is 8.14. The van der Waals surface area contributed by atoms with E-state index in [1.807, 2.05) is 13.8 Å². The van der Waals surface area contributed by atoms with E-state index in [9.17, 15) is 9.59 Å². The van der Waals surface area contributed by atoms with Crippen molar-refractivity contribution in [1.29, 1.82) is 0 Å². The van der Waals surface area contributed by atoms with Gasteiger partial charge in [0.15, 0.2) is 12.6 Å². The van der Waals surface area contributed by atoms with Crippen molar-refractivity contribution < 1.29 is 28.5 Å². The van der Waals surface area contributed by atoms with Gasteiger partial charge >= 0.3 is 11.9 Å². The molecule has 6 heteroatoms. The van der Waals surface area contributed by atoms with Crippen molar-refractivity contribution in [3.05, 3.63) is 12.2 Å². The number of esters is 2. The zero-order chi connectivity index (χ0) is 15.4. The molecule has 0 spiro atoms. The molecule has 0 saturated carbocycles. The smallest absolute Gasteiger partial charge is 0.333 e. The van der Waals surface area contributed by atoms with Crippen LogP contribution in [0.2, 0.25) is 0 Å². The Morgan fingerprint density at radius 2 is 1.20 bits per heavy atom. The van der Waals surface area contributed by atoms with Gasteiger partial charge in [-0.05, 0) is 26.7 Å². The van der Waals surface area contributed by atoms with Gasteiger partial charge in [-0.25, -0.2) is 9.59 Å². The van der Waals surface area contributed by atoms with Crippen LogP contribution in [0.5, 0.6) is 0 Å². The lowest BCUT2D eigenvalue weighted by molar-refractivity contribution is -0.171. The van der Waals surface area contributed by atoms with E-state index in [2.05, 4.69) is 0 Å². The van der Waals surface area contributed by atoms with Gasteiger partial charge < -0.3 is 18.9 Å². The first-order valence-corrected chi connectivity index (χ1v) is 6.82. The van der Waals surface area contributed by atoms with Crippen molar-refractivity contribution in [2.24, 2.45) is 0 Å². The summed E-state index contributed by atoms with van der Waals surface area (Å²) in [7, 11) is 0. The minimum Gasteiger partial charge on any atom is -0.433 e. The minimum absolute atomic E-state index is 0.506. The predicted molar refractivity (Wildman–Crippen MR) is 72.7 cm³/mol. The van der Waals surface area contributed by atoms with Crippen LogP contribution in [0.25, 0.3) is 0 Å². The van der Waals surface area contributed by atoms with E-state index in [1.165, 1.54) is 0 Å². The maximum Gasteiger partial charge on any atom is 0.333 e. The van der Waals surface area contributed by atoms with E-state index in [0.717, 1.165) is 25.0 Å². The third-order valence-corrected chi connectivity index (χ3v) is 2.03. The standard InChI is InChI=1S/C14H24O6/c1-5-9-17-11(3)19-13(15)7-8-14(16)20-12(4)18-10-6-2/h7-8,11-12H,5-6,9-10H2,1-4H3/b8-7+. The van der Waals surface area contributed by atoms with Crippen LogP contribution >= 0.6 is 0 Å². The topological polar surface area (TPSA) is 71.1 Å². The molecule has 0 saturated heterocycles. The molecule has 0 bridgehead atoms. The Labute approximate surface area is 120 Å². The van der Waals surface area contributed by atoms with E-state index in [4.69, 9.17) is 18.9 Å². The Hall–Kier alpha value is -1.40. The highest BCUT2D eigenvalue weighted by molar-refractivity contribution is 5.91. The highest BCUT2D eigenvalue weighted by Crippen LogP contribution is 1.99. The van der Waals surface area contributed by atoms with Gasteiger partial charge in [-0.2, -0.15) is 0 Å². The minimum atomic E-state index is -0.660. The fourth-order valence-electron chi connectivity index (χ4n) is 1.18. The fraction of sp³-hybridized carbons (Fsp3) is 0.714. The third-order valence-electron chi connectivity index (χ3n) is 2.03. The molecule has 0 aromatic heterocycles. The molecule has 0 fully saturated rings. The molecule has 0 aliphatic rings. The van der Waals surface area contributed by atoms with Crippen molar-refractivity contribution >= 4 is 11.9 Å². The Balaban J connectivity index is 3.96. The Bertz CT molecular complexity index is 283. The first kappa shape index (κ1) is 18.6. The van der Waals surface area contributed by atoms with Gasteiger partial charge in [-0.15, -0.1) is 0 Å². The molecule has 0 aliphatic carbocycles. The molecule has 2 atom stereocenters. The predicted octanol–water partition coefficient (Wildman–Crippen LogP) is 2.17. The van der Waals surface area contributed by atoms with Gasteiger partial charge in [0.25, 0.3) is 0 Å². The van der Waals surface area contributed by atoms with Crippen LogP contribution in [0.3, 0.4) is 0 Å². The van der Waals surface area contributed by atoms with Crippen LogP contribution in [0, 0.1) is 0 Å². The second-order valence-electron chi connectivity index (χ2n) is 4.08. The average molecular weight is 288 g/mol. The monoisotopic (exact) mass is 288 g/mol. The SMILES string of the molecule is CCCOC(C)OC(=O)/C=C/C(=O)OC(C)OCCC. The summed E-state index contributed by atoms with van der Waals surface area (Å²) in [6, 6.07) is 0. The number of hydrogen-bond acceptors (Lipinski definition) is 6. The first-order valence-electron chi connectivity index (χ1n) is 6.82. The van der Waals surface area contributed by atoms with Gasteiger partial charge in [0.05, 0.1) is 13.2 Å². The summed E-state index contributed by atoms with van der Waals surface area (Å²) in [4.78, 5) is 22.7. The molecule has 0 heterocycles. The number of carbonyl (C=O) groups is 2. The van der Waals surface area contributed by atoms with Crippen molar-refractivity contribution in [3.8, 4) is 0 Å². The number of carbonyl (C=O) groups excluding carboxylic acids is 2. The summed E-state index contributed by atoms with van der Waals surface area (Å²) in [5.41, 5.74) is 0. The normalized spacial score (nSPS) is 14.0. The lowest BCUT2D eigenvalue weighted by atomic mass is 10.5. The maximum atomic E-state index is 11.4. The summed E-state index contributed by atoms with van der Waals surface area (Å²) >= 11 is 0. The highest BCUT2D eigenvalue weighted by Gasteiger charge is 2.09. The lowest BCUT2D eigenvalue weighted by Crippen LogP contribution is -2.19. The number of ether oxygens (including phenoxy) is 4. The molecule has 0 aromatic carbocycles. The van der Waals surface area contributed by atoms with Gasteiger partial charge in [0, 0.05) is 12.2 Å². The Kier molecular flexibility index (Phi) is 10.6. The molecular weight excluding hydrogens is 264 g/mol. The molecule has 0 aliphatic heterocycles. The van der Waals surface area contributed by atoms with Gasteiger partial charge in [-0.3, -0.25) is 0 Å². The third kappa shape index (κ3) is 10.5. The van der Waals surface area contributed by atoms with E-state index < -0.39 is 24.5 Å². The van der Waals surface area contributed by atoms with Crippen LogP contribution in [0.4, 0.5) is 0 Å². The second-order valence-corrected chi connectivity index (χ2v) is 4.08.